The van der Waals surface area contributed by atoms with Crippen LogP contribution in [0.2, 0.25) is 0 Å². The standard InChI is InChI=1S/C16H23N3O/c1-13(2)8-6-7-11-17-12-15-18-19-16(20-15)14-9-4-3-5-10-14/h3-5,9-10,13,17H,6-8,11-12H2,1-2H3. The molecule has 0 atom stereocenters. The van der Waals surface area contributed by atoms with Crippen molar-refractivity contribution in [3.63, 3.8) is 0 Å². The summed E-state index contributed by atoms with van der Waals surface area (Å²) >= 11 is 0. The molecule has 0 aliphatic rings. The molecule has 0 amide bonds. The second-order valence-corrected chi connectivity index (χ2v) is 5.43. The van der Waals surface area contributed by atoms with Gasteiger partial charge < -0.3 is 9.73 Å². The highest BCUT2D eigenvalue weighted by molar-refractivity contribution is 5.51. The maximum atomic E-state index is 5.63. The van der Waals surface area contributed by atoms with Crippen LogP contribution in [0.5, 0.6) is 0 Å². The first kappa shape index (κ1) is 14.7. The van der Waals surface area contributed by atoms with E-state index in [1.807, 2.05) is 30.3 Å². The highest BCUT2D eigenvalue weighted by Crippen LogP contribution is 2.16. The molecule has 0 unspecified atom stereocenters. The average Bonchev–Trinajstić information content (AvgIpc) is 2.92. The molecule has 2 aromatic rings. The van der Waals surface area contributed by atoms with Gasteiger partial charge in [0.2, 0.25) is 11.8 Å². The van der Waals surface area contributed by atoms with Crippen molar-refractivity contribution < 1.29 is 4.42 Å². The SMILES string of the molecule is CC(C)CCCCNCc1nnc(-c2ccccc2)o1. The van der Waals surface area contributed by atoms with Gasteiger partial charge in [-0.15, -0.1) is 10.2 Å². The van der Waals surface area contributed by atoms with Gasteiger partial charge in [-0.05, 0) is 31.0 Å². The summed E-state index contributed by atoms with van der Waals surface area (Å²) in [7, 11) is 0. The minimum Gasteiger partial charge on any atom is -0.419 e. The summed E-state index contributed by atoms with van der Waals surface area (Å²) in [6, 6.07) is 9.84. The van der Waals surface area contributed by atoms with Gasteiger partial charge in [0.25, 0.3) is 0 Å². The van der Waals surface area contributed by atoms with Gasteiger partial charge in [0.05, 0.1) is 6.54 Å². The van der Waals surface area contributed by atoms with Gasteiger partial charge in [0.15, 0.2) is 0 Å². The third-order valence-corrected chi connectivity index (χ3v) is 3.15. The molecule has 0 aliphatic carbocycles. The van der Waals surface area contributed by atoms with Crippen LogP contribution in [0.1, 0.15) is 39.0 Å². The van der Waals surface area contributed by atoms with Crippen LogP contribution < -0.4 is 5.32 Å². The molecule has 0 fully saturated rings. The maximum absolute atomic E-state index is 5.63. The number of hydrogen-bond acceptors (Lipinski definition) is 4. The molecule has 2 rings (SSSR count). The lowest BCUT2D eigenvalue weighted by atomic mass is 10.1. The van der Waals surface area contributed by atoms with Crippen LogP contribution in [-0.4, -0.2) is 16.7 Å². The zero-order valence-electron chi connectivity index (χ0n) is 12.3. The van der Waals surface area contributed by atoms with Crippen molar-refractivity contribution in [2.24, 2.45) is 5.92 Å². The van der Waals surface area contributed by atoms with Crippen molar-refractivity contribution in [3.8, 4) is 11.5 Å². The van der Waals surface area contributed by atoms with Crippen LogP contribution in [0.15, 0.2) is 34.7 Å². The van der Waals surface area contributed by atoms with E-state index < -0.39 is 0 Å². The predicted octanol–water partition coefficient (Wildman–Crippen LogP) is 3.65. The molecule has 0 radical (unpaired) electrons. The zero-order chi connectivity index (χ0) is 14.2. The number of hydrogen-bond donors (Lipinski definition) is 1. The van der Waals surface area contributed by atoms with Crippen molar-refractivity contribution in [1.29, 1.82) is 0 Å². The summed E-state index contributed by atoms with van der Waals surface area (Å²) in [6.45, 7) is 6.16. The van der Waals surface area contributed by atoms with Crippen molar-refractivity contribution in [1.82, 2.24) is 15.5 Å². The molecule has 1 N–H and O–H groups in total. The largest absolute Gasteiger partial charge is 0.419 e. The molecule has 1 aromatic carbocycles. The first-order chi connectivity index (χ1) is 9.75. The van der Waals surface area contributed by atoms with Crippen LogP contribution in [0.25, 0.3) is 11.5 Å². The molecule has 1 heterocycles. The molecule has 4 nitrogen and oxygen atoms in total. The van der Waals surface area contributed by atoms with E-state index in [0.717, 1.165) is 18.0 Å². The topological polar surface area (TPSA) is 51.0 Å². The Bertz CT molecular complexity index is 493. The van der Waals surface area contributed by atoms with Gasteiger partial charge in [-0.2, -0.15) is 0 Å². The van der Waals surface area contributed by atoms with Crippen molar-refractivity contribution in [3.05, 3.63) is 36.2 Å². The minimum atomic E-state index is 0.585. The Kier molecular flexibility index (Phi) is 5.74. The molecule has 0 aliphatic heterocycles. The highest BCUT2D eigenvalue weighted by atomic mass is 16.4. The molecule has 1 aromatic heterocycles. The minimum absolute atomic E-state index is 0.585. The molecule has 108 valence electrons. The molecule has 20 heavy (non-hydrogen) atoms. The summed E-state index contributed by atoms with van der Waals surface area (Å²) in [4.78, 5) is 0. The molecular weight excluding hydrogens is 250 g/mol. The third kappa shape index (κ3) is 4.78. The van der Waals surface area contributed by atoms with Gasteiger partial charge in [-0.25, -0.2) is 0 Å². The van der Waals surface area contributed by atoms with Crippen LogP contribution in [-0.2, 0) is 6.54 Å². The molecule has 0 saturated heterocycles. The summed E-state index contributed by atoms with van der Waals surface area (Å²) in [5.41, 5.74) is 0.961. The van der Waals surface area contributed by atoms with Gasteiger partial charge in [0.1, 0.15) is 0 Å². The first-order valence-electron chi connectivity index (χ1n) is 7.34. The highest BCUT2D eigenvalue weighted by Gasteiger charge is 2.07. The second kappa shape index (κ2) is 7.80. The predicted molar refractivity (Wildman–Crippen MR) is 80.1 cm³/mol. The van der Waals surface area contributed by atoms with E-state index >= 15 is 0 Å². The lowest BCUT2D eigenvalue weighted by Crippen LogP contribution is -2.15. The summed E-state index contributed by atoms with van der Waals surface area (Å²) in [6.07, 6.45) is 3.75. The zero-order valence-corrected chi connectivity index (χ0v) is 12.3. The summed E-state index contributed by atoms with van der Waals surface area (Å²) < 4.78 is 5.63. The molecular formula is C16H23N3O. The lowest BCUT2D eigenvalue weighted by molar-refractivity contribution is 0.465. The second-order valence-electron chi connectivity index (χ2n) is 5.43. The number of nitrogens with zero attached hydrogens (tertiary/aromatic N) is 2. The van der Waals surface area contributed by atoms with Gasteiger partial charge in [-0.1, -0.05) is 44.9 Å². The third-order valence-electron chi connectivity index (χ3n) is 3.15. The Morgan fingerprint density at radius 1 is 1.10 bits per heavy atom. The van der Waals surface area contributed by atoms with E-state index in [2.05, 4.69) is 29.4 Å². The van der Waals surface area contributed by atoms with Crippen LogP contribution in [0.3, 0.4) is 0 Å². The van der Waals surface area contributed by atoms with Crippen molar-refractivity contribution >= 4 is 0 Å². The fraction of sp³-hybridized carbons (Fsp3) is 0.500. The van der Waals surface area contributed by atoms with Crippen LogP contribution in [0, 0.1) is 5.92 Å². The lowest BCUT2D eigenvalue weighted by Gasteiger charge is -2.04. The van der Waals surface area contributed by atoms with Gasteiger partial charge >= 0.3 is 0 Å². The van der Waals surface area contributed by atoms with Crippen LogP contribution in [0.4, 0.5) is 0 Å². The van der Waals surface area contributed by atoms with E-state index in [1.54, 1.807) is 0 Å². The van der Waals surface area contributed by atoms with Crippen molar-refractivity contribution in [2.45, 2.75) is 39.7 Å². The van der Waals surface area contributed by atoms with E-state index in [9.17, 15) is 0 Å². The summed E-state index contributed by atoms with van der Waals surface area (Å²) in [5.74, 6) is 2.02. The number of rotatable bonds is 8. The fourth-order valence-electron chi connectivity index (χ4n) is 2.02. The summed E-state index contributed by atoms with van der Waals surface area (Å²) in [5, 5.41) is 11.5. The monoisotopic (exact) mass is 273 g/mol. The average molecular weight is 273 g/mol. The van der Waals surface area contributed by atoms with E-state index in [-0.39, 0.29) is 0 Å². The quantitative estimate of drug-likeness (QED) is 0.746. The fourth-order valence-corrected chi connectivity index (χ4v) is 2.02. The molecule has 0 saturated carbocycles. The van der Waals surface area contributed by atoms with Crippen LogP contribution >= 0.6 is 0 Å². The van der Waals surface area contributed by atoms with Gasteiger partial charge in [-0.3, -0.25) is 0 Å². The number of aromatic nitrogens is 2. The Labute approximate surface area is 120 Å². The first-order valence-corrected chi connectivity index (χ1v) is 7.34. The number of nitrogens with one attached hydrogen (secondary N) is 1. The Morgan fingerprint density at radius 2 is 1.90 bits per heavy atom. The number of benzene rings is 1. The van der Waals surface area contributed by atoms with Gasteiger partial charge in [0, 0.05) is 5.56 Å². The molecule has 0 spiro atoms. The molecule has 0 bridgehead atoms. The maximum Gasteiger partial charge on any atom is 0.247 e. The Hall–Kier alpha value is -1.68. The van der Waals surface area contributed by atoms with Crippen molar-refractivity contribution in [2.75, 3.05) is 6.54 Å². The molecule has 4 heteroatoms. The smallest absolute Gasteiger partial charge is 0.247 e. The Morgan fingerprint density at radius 3 is 2.65 bits per heavy atom. The normalized spacial score (nSPS) is 11.2. The number of unbranched alkanes of at least 4 members (excludes halogenated alkanes) is 1. The van der Waals surface area contributed by atoms with E-state index in [1.165, 1.54) is 19.3 Å². The Balaban J connectivity index is 1.71. The van der Waals surface area contributed by atoms with E-state index in [0.29, 0.717) is 18.3 Å². The van der Waals surface area contributed by atoms with E-state index in [4.69, 9.17) is 4.42 Å².